The van der Waals surface area contributed by atoms with Crippen molar-refractivity contribution in [3.63, 3.8) is 0 Å². The number of hydrogen-bond acceptors (Lipinski definition) is 4. The molecule has 112 valence electrons. The summed E-state index contributed by atoms with van der Waals surface area (Å²) in [6, 6.07) is 3.01. The number of rotatable bonds is 5. The largest absolute Gasteiger partial charge is 0.466 e. The second-order valence-corrected chi connectivity index (χ2v) is 5.39. The average Bonchev–Trinajstić information content (AvgIpc) is 2.87. The van der Waals surface area contributed by atoms with E-state index in [2.05, 4.69) is 0 Å². The Morgan fingerprint density at radius 2 is 2.20 bits per heavy atom. The van der Waals surface area contributed by atoms with E-state index in [0.717, 1.165) is 0 Å². The van der Waals surface area contributed by atoms with E-state index in [1.54, 1.807) is 0 Å². The highest BCUT2D eigenvalue weighted by molar-refractivity contribution is 5.85. The second kappa shape index (κ2) is 4.82. The number of aliphatic hydroxyl groups is 2. The first kappa shape index (κ1) is 14.9. The van der Waals surface area contributed by atoms with Crippen LogP contribution in [0.15, 0.2) is 22.8 Å². The van der Waals surface area contributed by atoms with Crippen molar-refractivity contribution in [3.8, 4) is 0 Å². The summed E-state index contributed by atoms with van der Waals surface area (Å²) >= 11 is 0. The molecule has 1 amide bonds. The van der Waals surface area contributed by atoms with E-state index in [9.17, 15) is 23.8 Å². The highest BCUT2D eigenvalue weighted by Gasteiger charge is 2.61. The van der Waals surface area contributed by atoms with Crippen molar-refractivity contribution < 1.29 is 28.2 Å². The van der Waals surface area contributed by atoms with Gasteiger partial charge in [-0.05, 0) is 38.3 Å². The van der Waals surface area contributed by atoms with Gasteiger partial charge in [0, 0.05) is 0 Å². The van der Waals surface area contributed by atoms with Crippen molar-refractivity contribution in [3.05, 3.63) is 24.2 Å². The molecule has 3 N–H and O–H groups in total. The Labute approximate surface area is 114 Å². The third-order valence-corrected chi connectivity index (χ3v) is 3.70. The van der Waals surface area contributed by atoms with E-state index in [1.807, 2.05) is 5.32 Å². The highest BCUT2D eigenvalue weighted by atomic mass is 19.3. The van der Waals surface area contributed by atoms with E-state index in [1.165, 1.54) is 25.3 Å². The Bertz CT molecular complexity index is 481. The van der Waals surface area contributed by atoms with E-state index in [4.69, 9.17) is 4.42 Å². The standard InChI is InChI=1S/C13H17F2NO4/c1-11(18,9-4-2-7-20-9)8-16-10(17)13(14,15)12(19)5-3-6-12/h2,4,7,18-19H,3,5-6,8H2,1H3,(H,16,17). The number of halogens is 2. The molecule has 0 radical (unpaired) electrons. The van der Waals surface area contributed by atoms with Gasteiger partial charge in [0.05, 0.1) is 12.8 Å². The Balaban J connectivity index is 1.98. The molecule has 7 heteroatoms. The Morgan fingerprint density at radius 3 is 2.65 bits per heavy atom. The maximum absolute atomic E-state index is 13.8. The van der Waals surface area contributed by atoms with Crippen LogP contribution in [-0.4, -0.2) is 34.2 Å². The lowest BCUT2D eigenvalue weighted by Gasteiger charge is -2.41. The molecule has 0 bridgehead atoms. The molecule has 0 spiro atoms. The zero-order valence-electron chi connectivity index (χ0n) is 11.0. The van der Waals surface area contributed by atoms with Crippen LogP contribution in [-0.2, 0) is 10.4 Å². The molecule has 0 aliphatic heterocycles. The van der Waals surface area contributed by atoms with Crippen LogP contribution < -0.4 is 5.32 Å². The molecule has 1 aliphatic carbocycles. The zero-order chi connectivity index (χ0) is 15.0. The topological polar surface area (TPSA) is 82.7 Å². The molecule has 20 heavy (non-hydrogen) atoms. The van der Waals surface area contributed by atoms with Crippen molar-refractivity contribution in [1.82, 2.24) is 5.32 Å². The van der Waals surface area contributed by atoms with Gasteiger partial charge >= 0.3 is 5.92 Å². The Morgan fingerprint density at radius 1 is 1.55 bits per heavy atom. The summed E-state index contributed by atoms with van der Waals surface area (Å²) < 4.78 is 32.6. The lowest BCUT2D eigenvalue weighted by Crippen LogP contribution is -2.61. The number of carbonyl (C=O) groups excluding carboxylic acids is 1. The number of alkyl halides is 2. The molecular weight excluding hydrogens is 272 g/mol. The molecule has 0 aromatic carbocycles. The van der Waals surface area contributed by atoms with E-state index < -0.39 is 29.6 Å². The zero-order valence-corrected chi connectivity index (χ0v) is 11.0. The normalized spacial score (nSPS) is 20.9. The van der Waals surface area contributed by atoms with Crippen LogP contribution in [0.3, 0.4) is 0 Å². The minimum absolute atomic E-state index is 0.109. The highest BCUT2D eigenvalue weighted by Crippen LogP contribution is 2.44. The summed E-state index contributed by atoms with van der Waals surface area (Å²) in [7, 11) is 0. The second-order valence-electron chi connectivity index (χ2n) is 5.39. The summed E-state index contributed by atoms with van der Waals surface area (Å²) in [5, 5.41) is 21.6. The minimum atomic E-state index is -3.87. The first-order valence-electron chi connectivity index (χ1n) is 6.34. The van der Waals surface area contributed by atoms with Gasteiger partial charge in [0.2, 0.25) is 0 Å². The molecule has 0 saturated heterocycles. The molecule has 1 aromatic rings. The number of amides is 1. The van der Waals surface area contributed by atoms with Gasteiger partial charge in [0.15, 0.2) is 0 Å². The minimum Gasteiger partial charge on any atom is -0.466 e. The van der Waals surface area contributed by atoms with Gasteiger partial charge in [-0.1, -0.05) is 0 Å². The number of carbonyl (C=O) groups is 1. The molecule has 2 rings (SSSR count). The molecule has 1 aromatic heterocycles. The maximum Gasteiger partial charge on any atom is 0.352 e. The summed E-state index contributed by atoms with van der Waals surface area (Å²) in [6.45, 7) is 0.896. The van der Waals surface area contributed by atoms with Crippen molar-refractivity contribution in [2.45, 2.75) is 43.3 Å². The van der Waals surface area contributed by atoms with Crippen molar-refractivity contribution in [2.75, 3.05) is 6.54 Å². The SMILES string of the molecule is CC(O)(CNC(=O)C(F)(F)C1(O)CCC1)c1ccco1. The van der Waals surface area contributed by atoms with Crippen LogP contribution >= 0.6 is 0 Å². The van der Waals surface area contributed by atoms with Crippen LogP contribution in [0.2, 0.25) is 0 Å². The molecule has 1 fully saturated rings. The molecule has 1 aliphatic rings. The summed E-state index contributed by atoms with van der Waals surface area (Å²) in [6.07, 6.45) is 1.57. The fourth-order valence-corrected chi connectivity index (χ4v) is 2.07. The van der Waals surface area contributed by atoms with Crippen molar-refractivity contribution in [2.24, 2.45) is 0 Å². The van der Waals surface area contributed by atoms with E-state index >= 15 is 0 Å². The summed E-state index contributed by atoms with van der Waals surface area (Å²) in [5.41, 5.74) is -3.87. The fraction of sp³-hybridized carbons (Fsp3) is 0.615. The summed E-state index contributed by atoms with van der Waals surface area (Å²) in [5.74, 6) is -5.31. The lowest BCUT2D eigenvalue weighted by molar-refractivity contribution is -0.216. The Hall–Kier alpha value is -1.47. The van der Waals surface area contributed by atoms with Crippen molar-refractivity contribution >= 4 is 5.91 Å². The first-order valence-corrected chi connectivity index (χ1v) is 6.34. The first-order chi connectivity index (χ1) is 9.19. The van der Waals surface area contributed by atoms with Crippen LogP contribution in [0.25, 0.3) is 0 Å². The molecule has 1 unspecified atom stereocenters. The molecule has 1 saturated carbocycles. The maximum atomic E-state index is 13.8. The van der Waals surface area contributed by atoms with Crippen molar-refractivity contribution in [1.29, 1.82) is 0 Å². The van der Waals surface area contributed by atoms with Gasteiger partial charge in [0.25, 0.3) is 5.91 Å². The Kier molecular flexibility index (Phi) is 3.60. The predicted octanol–water partition coefficient (Wildman–Crippen LogP) is 1.15. The third-order valence-electron chi connectivity index (χ3n) is 3.70. The third kappa shape index (κ3) is 2.43. The van der Waals surface area contributed by atoms with Crippen LogP contribution in [0.4, 0.5) is 8.78 Å². The van der Waals surface area contributed by atoms with Gasteiger partial charge in [-0.15, -0.1) is 0 Å². The van der Waals surface area contributed by atoms with Gasteiger partial charge in [0.1, 0.15) is 17.0 Å². The van der Waals surface area contributed by atoms with E-state index in [0.29, 0.717) is 6.42 Å². The quantitative estimate of drug-likeness (QED) is 0.759. The molecule has 1 heterocycles. The van der Waals surface area contributed by atoms with Crippen LogP contribution in [0, 0.1) is 0 Å². The number of nitrogens with one attached hydrogen (secondary N) is 1. The van der Waals surface area contributed by atoms with Crippen LogP contribution in [0.1, 0.15) is 31.9 Å². The van der Waals surface area contributed by atoms with Crippen LogP contribution in [0.5, 0.6) is 0 Å². The van der Waals surface area contributed by atoms with Gasteiger partial charge in [-0.25, -0.2) is 0 Å². The van der Waals surface area contributed by atoms with E-state index in [-0.39, 0.29) is 18.6 Å². The lowest BCUT2D eigenvalue weighted by atomic mass is 9.75. The van der Waals surface area contributed by atoms with Gasteiger partial charge < -0.3 is 19.9 Å². The smallest absolute Gasteiger partial charge is 0.352 e. The molecule has 5 nitrogen and oxygen atoms in total. The van der Waals surface area contributed by atoms with Gasteiger partial charge in [-0.2, -0.15) is 8.78 Å². The fourth-order valence-electron chi connectivity index (χ4n) is 2.07. The number of hydrogen-bond donors (Lipinski definition) is 3. The predicted molar refractivity (Wildman–Crippen MR) is 65.0 cm³/mol. The molecule has 1 atom stereocenters. The number of furan rings is 1. The summed E-state index contributed by atoms with van der Waals surface area (Å²) in [4.78, 5) is 11.6. The monoisotopic (exact) mass is 289 g/mol. The molecular formula is C13H17F2NO4. The average molecular weight is 289 g/mol. The van der Waals surface area contributed by atoms with Gasteiger partial charge in [-0.3, -0.25) is 4.79 Å².